The van der Waals surface area contributed by atoms with Crippen LogP contribution in [0.25, 0.3) is 10.8 Å². The van der Waals surface area contributed by atoms with Crippen molar-refractivity contribution in [3.8, 4) is 11.5 Å². The number of fused-ring (bicyclic) bond motifs is 1. The summed E-state index contributed by atoms with van der Waals surface area (Å²) in [6.07, 6.45) is 0. The first-order valence-electron chi connectivity index (χ1n) is 12.2. The molecule has 36 heavy (non-hydrogen) atoms. The van der Waals surface area contributed by atoms with Crippen LogP contribution in [-0.4, -0.2) is 32.5 Å². The van der Waals surface area contributed by atoms with Crippen LogP contribution < -0.4 is 19.8 Å². The topological polar surface area (TPSA) is 40.2 Å². The van der Waals surface area contributed by atoms with Crippen molar-refractivity contribution in [2.24, 2.45) is 0 Å². The Labute approximate surface area is 213 Å². The molecule has 1 saturated heterocycles. The molecule has 6 heteroatoms. The van der Waals surface area contributed by atoms with Gasteiger partial charge < -0.3 is 23.7 Å². The number of hydrogen-bond donors (Lipinski definition) is 0. The van der Waals surface area contributed by atoms with Gasteiger partial charge in [0.15, 0.2) is 0 Å². The van der Waals surface area contributed by atoms with Crippen LogP contribution in [0.2, 0.25) is 0 Å². The molecule has 184 valence electrons. The normalized spacial score (nSPS) is 16.2. The maximum absolute atomic E-state index is 6.26. The Morgan fingerprint density at radius 2 is 1.03 bits per heavy atom. The van der Waals surface area contributed by atoms with Gasteiger partial charge in [-0.25, -0.2) is 0 Å². The van der Waals surface area contributed by atoms with Crippen molar-refractivity contribution in [2.75, 3.05) is 19.1 Å². The van der Waals surface area contributed by atoms with Gasteiger partial charge in [-0.15, -0.1) is 0 Å². The smallest absolute Gasteiger partial charge is 0.494 e. The van der Waals surface area contributed by atoms with Crippen LogP contribution in [0.5, 0.6) is 11.5 Å². The summed E-state index contributed by atoms with van der Waals surface area (Å²) in [4.78, 5) is 2.22. The van der Waals surface area contributed by atoms with Crippen molar-refractivity contribution in [1.82, 2.24) is 0 Å². The third-order valence-corrected chi connectivity index (χ3v) is 7.29. The first-order valence-corrected chi connectivity index (χ1v) is 12.2. The number of hydrogen-bond acceptors (Lipinski definition) is 5. The Balaban J connectivity index is 1.53. The Kier molecular flexibility index (Phi) is 6.19. The Morgan fingerprint density at radius 1 is 0.583 bits per heavy atom. The molecule has 0 unspecified atom stereocenters. The molecule has 5 nitrogen and oxygen atoms in total. The number of ether oxygens (including phenoxy) is 2. The molecular formula is C30H32BNO4. The van der Waals surface area contributed by atoms with Gasteiger partial charge in [-0.2, -0.15) is 0 Å². The molecular weight excluding hydrogens is 449 g/mol. The Hall–Kier alpha value is -3.48. The molecule has 0 saturated carbocycles. The molecule has 4 aromatic carbocycles. The quantitative estimate of drug-likeness (QED) is 0.289. The number of rotatable bonds is 6. The van der Waals surface area contributed by atoms with Crippen LogP contribution in [0.15, 0.2) is 84.9 Å². The molecule has 1 aliphatic heterocycles. The fraction of sp³-hybridized carbons (Fsp3) is 0.267. The number of nitrogens with zero attached hydrogens (tertiary/aromatic N) is 1. The third kappa shape index (κ3) is 4.43. The van der Waals surface area contributed by atoms with Crippen LogP contribution >= 0.6 is 0 Å². The van der Waals surface area contributed by atoms with Crippen molar-refractivity contribution in [2.45, 2.75) is 38.9 Å². The first-order chi connectivity index (χ1) is 17.2. The van der Waals surface area contributed by atoms with Gasteiger partial charge in [-0.05, 0) is 105 Å². The van der Waals surface area contributed by atoms with E-state index in [9.17, 15) is 0 Å². The van der Waals surface area contributed by atoms with E-state index in [4.69, 9.17) is 18.8 Å². The summed E-state index contributed by atoms with van der Waals surface area (Å²) in [5.41, 5.74) is 3.42. The summed E-state index contributed by atoms with van der Waals surface area (Å²) in [5.74, 6) is 1.64. The summed E-state index contributed by atoms with van der Waals surface area (Å²) in [6, 6.07) is 29.1. The molecule has 0 bridgehead atoms. The van der Waals surface area contributed by atoms with Crippen molar-refractivity contribution in [3.05, 3.63) is 84.9 Å². The fourth-order valence-electron chi connectivity index (χ4n) is 4.43. The number of benzene rings is 4. The van der Waals surface area contributed by atoms with Gasteiger partial charge >= 0.3 is 7.12 Å². The Bertz CT molecular complexity index is 1300. The van der Waals surface area contributed by atoms with Crippen molar-refractivity contribution in [3.63, 3.8) is 0 Å². The second-order valence-corrected chi connectivity index (χ2v) is 10.1. The molecule has 1 fully saturated rings. The third-order valence-electron chi connectivity index (χ3n) is 7.29. The van der Waals surface area contributed by atoms with Gasteiger partial charge in [0.1, 0.15) is 11.5 Å². The Morgan fingerprint density at radius 3 is 1.53 bits per heavy atom. The standard InChI is InChI=1S/C30H32BNO4/c1-29(2)30(3,4)36-31(35-29)23-9-7-22-20-26(10-8-21(22)19-23)32(24-11-15-27(33-5)16-12-24)25-13-17-28(34-6)18-14-25/h7-20H,1-6H3. The van der Waals surface area contributed by atoms with Gasteiger partial charge in [0.25, 0.3) is 0 Å². The molecule has 5 rings (SSSR count). The molecule has 0 amide bonds. The lowest BCUT2D eigenvalue weighted by Crippen LogP contribution is -2.41. The lowest BCUT2D eigenvalue weighted by atomic mass is 9.78. The lowest BCUT2D eigenvalue weighted by molar-refractivity contribution is 0.00578. The number of methoxy groups -OCH3 is 2. The predicted octanol–water partition coefficient (Wildman–Crippen LogP) is 6.63. The molecule has 0 radical (unpaired) electrons. The first kappa shape index (κ1) is 24.2. The molecule has 4 aromatic rings. The van der Waals surface area contributed by atoms with Gasteiger partial charge in [0.05, 0.1) is 25.4 Å². The molecule has 1 heterocycles. The minimum absolute atomic E-state index is 0.367. The molecule has 0 aromatic heterocycles. The summed E-state index contributed by atoms with van der Waals surface area (Å²) >= 11 is 0. The zero-order valence-corrected chi connectivity index (χ0v) is 21.7. The summed E-state index contributed by atoms with van der Waals surface area (Å²) in [5, 5.41) is 2.27. The van der Waals surface area contributed by atoms with E-state index < -0.39 is 0 Å². The molecule has 1 aliphatic rings. The highest BCUT2D eigenvalue weighted by Gasteiger charge is 2.51. The molecule has 0 N–H and O–H groups in total. The lowest BCUT2D eigenvalue weighted by Gasteiger charge is -2.32. The van der Waals surface area contributed by atoms with E-state index in [1.54, 1.807) is 14.2 Å². The maximum atomic E-state index is 6.26. The summed E-state index contributed by atoms with van der Waals surface area (Å²) in [7, 11) is 2.98. The van der Waals surface area contributed by atoms with E-state index in [0.717, 1.165) is 44.8 Å². The molecule has 0 aliphatic carbocycles. The minimum atomic E-state index is -0.380. The molecule has 0 atom stereocenters. The SMILES string of the molecule is COc1ccc(N(c2ccc(OC)cc2)c2ccc3cc(B4OC(C)(C)C(C)(C)O4)ccc3c2)cc1. The van der Waals surface area contributed by atoms with Crippen molar-refractivity contribution in [1.29, 1.82) is 0 Å². The van der Waals surface area contributed by atoms with Crippen LogP contribution in [-0.2, 0) is 9.31 Å². The highest BCUT2D eigenvalue weighted by atomic mass is 16.7. The van der Waals surface area contributed by atoms with Crippen molar-refractivity contribution < 1.29 is 18.8 Å². The minimum Gasteiger partial charge on any atom is -0.497 e. The van der Waals surface area contributed by atoms with E-state index in [2.05, 4.69) is 93.3 Å². The van der Waals surface area contributed by atoms with Gasteiger partial charge in [-0.1, -0.05) is 24.3 Å². The van der Waals surface area contributed by atoms with E-state index in [0.29, 0.717) is 0 Å². The second kappa shape index (κ2) is 9.19. The summed E-state index contributed by atoms with van der Waals surface area (Å²) < 4.78 is 23.3. The average Bonchev–Trinajstić information content (AvgIpc) is 3.11. The van der Waals surface area contributed by atoms with Gasteiger partial charge in [0, 0.05) is 17.1 Å². The average molecular weight is 481 g/mol. The highest BCUT2D eigenvalue weighted by molar-refractivity contribution is 6.62. The van der Waals surface area contributed by atoms with E-state index >= 15 is 0 Å². The maximum Gasteiger partial charge on any atom is 0.494 e. The van der Waals surface area contributed by atoms with Crippen LogP contribution in [0.4, 0.5) is 17.1 Å². The van der Waals surface area contributed by atoms with Crippen molar-refractivity contribution >= 4 is 40.4 Å². The largest absolute Gasteiger partial charge is 0.497 e. The van der Waals surface area contributed by atoms with E-state index in [1.165, 1.54) is 0 Å². The van der Waals surface area contributed by atoms with Crippen LogP contribution in [0, 0.1) is 0 Å². The summed E-state index contributed by atoms with van der Waals surface area (Å²) in [6.45, 7) is 8.31. The predicted molar refractivity (Wildman–Crippen MR) is 147 cm³/mol. The monoisotopic (exact) mass is 481 g/mol. The van der Waals surface area contributed by atoms with Crippen LogP contribution in [0.1, 0.15) is 27.7 Å². The van der Waals surface area contributed by atoms with E-state index in [1.807, 2.05) is 24.3 Å². The van der Waals surface area contributed by atoms with Gasteiger partial charge in [-0.3, -0.25) is 0 Å². The number of anilines is 3. The zero-order chi connectivity index (χ0) is 25.5. The van der Waals surface area contributed by atoms with E-state index in [-0.39, 0.29) is 18.3 Å². The zero-order valence-electron chi connectivity index (χ0n) is 21.7. The van der Waals surface area contributed by atoms with Crippen LogP contribution in [0.3, 0.4) is 0 Å². The fourth-order valence-corrected chi connectivity index (χ4v) is 4.43. The molecule has 0 spiro atoms. The van der Waals surface area contributed by atoms with Gasteiger partial charge in [0.2, 0.25) is 0 Å². The second-order valence-electron chi connectivity index (χ2n) is 10.1. The highest BCUT2D eigenvalue weighted by Crippen LogP contribution is 2.38.